The van der Waals surface area contributed by atoms with Crippen LogP contribution >= 0.6 is 0 Å². The lowest BCUT2D eigenvalue weighted by Crippen LogP contribution is -2.50. The molecule has 0 aromatic heterocycles. The first-order valence-corrected chi connectivity index (χ1v) is 18.8. The van der Waals surface area contributed by atoms with E-state index >= 15 is 0 Å². The van der Waals surface area contributed by atoms with Gasteiger partial charge in [0.25, 0.3) is 0 Å². The maximum absolute atomic E-state index is 6.65. The molecule has 1 radical (unpaired) electrons. The molecule has 1 unspecified atom stereocenters. The van der Waals surface area contributed by atoms with E-state index in [0.29, 0.717) is 12.1 Å². The number of aryl methyl sites for hydroxylation is 1. The van der Waals surface area contributed by atoms with Crippen LogP contribution in [0.2, 0.25) is 26.2 Å². The van der Waals surface area contributed by atoms with Crippen LogP contribution in [0, 0.1) is 6.92 Å². The molecule has 187 valence electrons. The first kappa shape index (κ1) is 26.0. The molecule has 2 aromatic carbocycles. The van der Waals surface area contributed by atoms with Gasteiger partial charge in [0, 0.05) is 29.9 Å². The SMILES string of the molecule is C=CCOc1c([Si](C)(C)C2C=C(N3CCCC3)c3ccccc32)cc(C)c([Si](C)C)c1C(C)(C)C. The van der Waals surface area contributed by atoms with E-state index in [1.54, 1.807) is 5.19 Å². The van der Waals surface area contributed by atoms with Crippen molar-refractivity contribution in [1.29, 1.82) is 0 Å². The fourth-order valence-corrected chi connectivity index (χ4v) is 11.4. The van der Waals surface area contributed by atoms with Crippen molar-refractivity contribution < 1.29 is 4.74 Å². The summed E-state index contributed by atoms with van der Waals surface area (Å²) in [5.74, 6) is 1.15. The molecule has 2 nitrogen and oxygen atoms in total. The number of hydrogen-bond acceptors (Lipinski definition) is 2. The Morgan fingerprint density at radius 3 is 2.40 bits per heavy atom. The Balaban J connectivity index is 1.95. The monoisotopic (exact) mass is 502 g/mol. The van der Waals surface area contributed by atoms with Gasteiger partial charge < -0.3 is 9.64 Å². The van der Waals surface area contributed by atoms with Crippen LogP contribution in [-0.2, 0) is 5.41 Å². The average Bonchev–Trinajstić information content (AvgIpc) is 3.44. The quantitative estimate of drug-likeness (QED) is 0.316. The first-order chi connectivity index (χ1) is 16.5. The van der Waals surface area contributed by atoms with Crippen molar-refractivity contribution >= 4 is 32.9 Å². The highest BCUT2D eigenvalue weighted by atomic mass is 28.3. The van der Waals surface area contributed by atoms with Gasteiger partial charge in [-0.15, -0.1) is 0 Å². The van der Waals surface area contributed by atoms with Crippen LogP contribution in [-0.4, -0.2) is 41.5 Å². The minimum Gasteiger partial charge on any atom is -0.489 e. The normalized spacial score (nSPS) is 18.1. The summed E-state index contributed by atoms with van der Waals surface area (Å²) in [6.07, 6.45) is 7.12. The lowest BCUT2D eigenvalue weighted by Gasteiger charge is -2.37. The Kier molecular flexibility index (Phi) is 7.27. The summed E-state index contributed by atoms with van der Waals surface area (Å²) >= 11 is 0. The lowest BCUT2D eigenvalue weighted by molar-refractivity contribution is 0.354. The van der Waals surface area contributed by atoms with Gasteiger partial charge in [0.15, 0.2) is 0 Å². The zero-order valence-corrected chi connectivity index (χ0v) is 25.2. The van der Waals surface area contributed by atoms with E-state index in [0.717, 1.165) is 5.75 Å². The molecule has 2 aliphatic rings. The summed E-state index contributed by atoms with van der Waals surface area (Å²) in [6.45, 7) is 26.2. The Morgan fingerprint density at radius 2 is 1.80 bits per heavy atom. The number of ether oxygens (including phenoxy) is 1. The fourth-order valence-electron chi connectivity index (χ4n) is 6.27. The molecule has 0 spiro atoms. The van der Waals surface area contributed by atoms with Crippen LogP contribution in [0.15, 0.2) is 49.1 Å². The summed E-state index contributed by atoms with van der Waals surface area (Å²) in [6, 6.07) is 11.7. The maximum atomic E-state index is 6.65. The molecule has 0 saturated carbocycles. The molecule has 1 heterocycles. The number of hydrogen-bond donors (Lipinski definition) is 0. The Bertz CT molecular complexity index is 1130. The van der Waals surface area contributed by atoms with Crippen molar-refractivity contribution in [3.8, 4) is 5.75 Å². The molecule has 1 atom stereocenters. The molecular formula is C31H44NOSi2. The lowest BCUT2D eigenvalue weighted by atomic mass is 9.85. The van der Waals surface area contributed by atoms with Gasteiger partial charge >= 0.3 is 0 Å². The van der Waals surface area contributed by atoms with E-state index in [1.807, 2.05) is 6.08 Å². The summed E-state index contributed by atoms with van der Waals surface area (Å²) in [5, 5.41) is 3.02. The van der Waals surface area contributed by atoms with Crippen LogP contribution in [0.5, 0.6) is 5.75 Å². The van der Waals surface area contributed by atoms with Gasteiger partial charge in [0.2, 0.25) is 0 Å². The molecule has 4 heteroatoms. The van der Waals surface area contributed by atoms with E-state index < -0.39 is 16.9 Å². The summed E-state index contributed by atoms with van der Waals surface area (Å²) in [7, 11) is -2.69. The number of likely N-dealkylation sites (tertiary alicyclic amines) is 1. The number of nitrogens with zero attached hydrogens (tertiary/aromatic N) is 1. The van der Waals surface area contributed by atoms with Gasteiger partial charge in [-0.05, 0) is 41.5 Å². The molecular weight excluding hydrogens is 459 g/mol. The molecule has 0 bridgehead atoms. The molecule has 2 aromatic rings. The first-order valence-electron chi connectivity index (χ1n) is 13.3. The molecule has 1 aliphatic carbocycles. The highest BCUT2D eigenvalue weighted by molar-refractivity contribution is 6.92. The minimum absolute atomic E-state index is 0.0170. The third kappa shape index (κ3) is 4.72. The smallest absolute Gasteiger partial charge is 0.122 e. The Morgan fingerprint density at radius 1 is 1.14 bits per heavy atom. The van der Waals surface area contributed by atoms with E-state index in [-0.39, 0.29) is 5.41 Å². The summed E-state index contributed by atoms with van der Waals surface area (Å²) < 4.78 is 6.65. The fraction of sp³-hybridized carbons (Fsp3) is 0.484. The molecule has 35 heavy (non-hydrogen) atoms. The van der Waals surface area contributed by atoms with Gasteiger partial charge in [-0.1, -0.05) is 107 Å². The van der Waals surface area contributed by atoms with Gasteiger partial charge in [0.05, 0.1) is 16.9 Å². The third-order valence-electron chi connectivity index (χ3n) is 7.89. The van der Waals surface area contributed by atoms with Crippen LogP contribution in [0.4, 0.5) is 0 Å². The highest BCUT2D eigenvalue weighted by Gasteiger charge is 2.43. The third-order valence-corrected chi connectivity index (χ3v) is 13.3. The van der Waals surface area contributed by atoms with Crippen molar-refractivity contribution in [2.24, 2.45) is 0 Å². The van der Waals surface area contributed by atoms with Crippen LogP contribution in [0.1, 0.15) is 61.4 Å². The topological polar surface area (TPSA) is 12.5 Å². The molecule has 4 rings (SSSR count). The van der Waals surface area contributed by atoms with Gasteiger partial charge in [-0.25, -0.2) is 0 Å². The number of rotatable bonds is 7. The van der Waals surface area contributed by atoms with E-state index in [9.17, 15) is 0 Å². The molecule has 1 fully saturated rings. The predicted octanol–water partition coefficient (Wildman–Crippen LogP) is 6.51. The zero-order valence-electron chi connectivity index (χ0n) is 23.2. The number of fused-ring (bicyclic) bond motifs is 1. The van der Waals surface area contributed by atoms with Crippen molar-refractivity contribution in [2.75, 3.05) is 19.7 Å². The largest absolute Gasteiger partial charge is 0.489 e. The second kappa shape index (κ2) is 9.78. The van der Waals surface area contributed by atoms with Gasteiger partial charge in [-0.3, -0.25) is 0 Å². The van der Waals surface area contributed by atoms with Crippen molar-refractivity contribution in [3.63, 3.8) is 0 Å². The highest BCUT2D eigenvalue weighted by Crippen LogP contribution is 2.44. The van der Waals surface area contributed by atoms with Gasteiger partial charge in [-0.2, -0.15) is 0 Å². The van der Waals surface area contributed by atoms with E-state index in [2.05, 4.69) is 102 Å². The minimum atomic E-state index is -2.04. The van der Waals surface area contributed by atoms with Crippen molar-refractivity contribution in [1.82, 2.24) is 4.90 Å². The summed E-state index contributed by atoms with van der Waals surface area (Å²) in [4.78, 5) is 2.62. The Hall–Kier alpha value is -2.05. The second-order valence-electron chi connectivity index (χ2n) is 12.2. The maximum Gasteiger partial charge on any atom is 0.122 e. The molecule has 0 amide bonds. The van der Waals surface area contributed by atoms with Gasteiger partial charge in [0.1, 0.15) is 12.4 Å². The average molecular weight is 503 g/mol. The summed E-state index contributed by atoms with van der Waals surface area (Å²) in [5.41, 5.74) is 7.76. The van der Waals surface area contributed by atoms with Crippen LogP contribution in [0.25, 0.3) is 5.70 Å². The van der Waals surface area contributed by atoms with E-state index in [1.165, 1.54) is 59.1 Å². The standard InChI is InChI=1S/C31H44NOSi2/c1-10-19-33-29-27(20-22(2)30(34(6)7)28(29)31(3,4)5)35(8,9)26-21-25(32-17-13-14-18-32)23-15-11-12-16-24(23)26/h10-12,15-16,20-21,26H,1,13-14,17-19H2,2-9H3. The van der Waals surface area contributed by atoms with Crippen LogP contribution in [0.3, 0.4) is 0 Å². The molecule has 0 N–H and O–H groups in total. The predicted molar refractivity (Wildman–Crippen MR) is 158 cm³/mol. The second-order valence-corrected chi connectivity index (χ2v) is 19.3. The number of benzene rings is 2. The van der Waals surface area contributed by atoms with E-state index in [4.69, 9.17) is 4.74 Å². The number of allylic oxidation sites excluding steroid dienone is 1. The van der Waals surface area contributed by atoms with Crippen molar-refractivity contribution in [3.05, 3.63) is 71.3 Å². The van der Waals surface area contributed by atoms with Crippen LogP contribution < -0.4 is 15.1 Å². The molecule has 1 aliphatic heterocycles. The molecule has 1 saturated heterocycles. The zero-order chi connectivity index (χ0) is 25.5. The Labute approximate surface area is 216 Å². The van der Waals surface area contributed by atoms with Crippen molar-refractivity contribution in [2.45, 2.75) is 77.7 Å².